The van der Waals surface area contributed by atoms with Crippen LogP contribution in [-0.4, -0.2) is 55.0 Å². The van der Waals surface area contributed by atoms with Crippen LogP contribution in [0, 0.1) is 0 Å². The van der Waals surface area contributed by atoms with Gasteiger partial charge in [-0.15, -0.1) is 0 Å². The van der Waals surface area contributed by atoms with E-state index in [4.69, 9.17) is 14.2 Å². The number of methoxy groups -OCH3 is 1. The van der Waals surface area contributed by atoms with Crippen molar-refractivity contribution in [2.75, 3.05) is 20.2 Å². The SMILES string of the molecule is COC1CN(C(=O)OC(C)(C)C)CCC1NC(=O)OCc1ccccc1. The van der Waals surface area contributed by atoms with Crippen molar-refractivity contribution in [1.29, 1.82) is 0 Å². The van der Waals surface area contributed by atoms with E-state index in [2.05, 4.69) is 5.32 Å². The van der Waals surface area contributed by atoms with Crippen molar-refractivity contribution >= 4 is 12.2 Å². The van der Waals surface area contributed by atoms with E-state index in [1.54, 1.807) is 12.0 Å². The molecule has 1 aliphatic heterocycles. The molecule has 7 heteroatoms. The van der Waals surface area contributed by atoms with Crippen LogP contribution in [0.2, 0.25) is 0 Å². The molecule has 1 aromatic carbocycles. The topological polar surface area (TPSA) is 77.1 Å². The zero-order valence-electron chi connectivity index (χ0n) is 15.9. The second-order valence-corrected chi connectivity index (χ2v) is 7.30. The average molecular weight is 364 g/mol. The summed E-state index contributed by atoms with van der Waals surface area (Å²) in [6.07, 6.45) is -0.616. The molecule has 0 aliphatic carbocycles. The first-order valence-electron chi connectivity index (χ1n) is 8.76. The van der Waals surface area contributed by atoms with Crippen molar-refractivity contribution in [2.24, 2.45) is 0 Å². The number of hydrogen-bond donors (Lipinski definition) is 1. The molecule has 0 aromatic heterocycles. The molecular formula is C19H28N2O5. The first-order valence-corrected chi connectivity index (χ1v) is 8.76. The fourth-order valence-electron chi connectivity index (χ4n) is 2.73. The normalized spacial score (nSPS) is 20.4. The highest BCUT2D eigenvalue weighted by Gasteiger charge is 2.34. The summed E-state index contributed by atoms with van der Waals surface area (Å²) < 4.78 is 16.1. The predicted octanol–water partition coefficient (Wildman–Crippen LogP) is 2.94. The number of carbonyl (C=O) groups excluding carboxylic acids is 2. The number of benzene rings is 1. The maximum Gasteiger partial charge on any atom is 0.410 e. The van der Waals surface area contributed by atoms with Gasteiger partial charge in [0.15, 0.2) is 0 Å². The molecule has 1 fully saturated rings. The van der Waals surface area contributed by atoms with Crippen LogP contribution in [0.4, 0.5) is 9.59 Å². The van der Waals surface area contributed by atoms with Crippen molar-refractivity contribution in [2.45, 2.75) is 51.5 Å². The summed E-state index contributed by atoms with van der Waals surface area (Å²) in [6.45, 7) is 6.54. The largest absolute Gasteiger partial charge is 0.445 e. The molecule has 26 heavy (non-hydrogen) atoms. The van der Waals surface area contributed by atoms with Gasteiger partial charge in [-0.3, -0.25) is 0 Å². The Morgan fingerprint density at radius 1 is 1.23 bits per heavy atom. The van der Waals surface area contributed by atoms with E-state index >= 15 is 0 Å². The molecule has 1 saturated heterocycles. The third-order valence-electron chi connectivity index (χ3n) is 4.03. The maximum absolute atomic E-state index is 12.2. The molecule has 2 unspecified atom stereocenters. The van der Waals surface area contributed by atoms with Gasteiger partial charge >= 0.3 is 12.2 Å². The lowest BCUT2D eigenvalue weighted by atomic mass is 10.0. The van der Waals surface area contributed by atoms with Crippen LogP contribution >= 0.6 is 0 Å². The maximum atomic E-state index is 12.2. The summed E-state index contributed by atoms with van der Waals surface area (Å²) in [6, 6.07) is 9.26. The van der Waals surface area contributed by atoms with Crippen LogP contribution in [0.25, 0.3) is 0 Å². The zero-order chi connectivity index (χ0) is 19.2. The summed E-state index contributed by atoms with van der Waals surface area (Å²) in [5, 5.41) is 2.83. The molecule has 0 radical (unpaired) electrons. The molecule has 0 bridgehead atoms. The molecule has 2 amide bonds. The summed E-state index contributed by atoms with van der Waals surface area (Å²) in [5.41, 5.74) is 0.376. The van der Waals surface area contributed by atoms with Crippen molar-refractivity contribution in [1.82, 2.24) is 10.2 Å². The van der Waals surface area contributed by atoms with Crippen molar-refractivity contribution < 1.29 is 23.8 Å². The lowest BCUT2D eigenvalue weighted by Gasteiger charge is -2.38. The van der Waals surface area contributed by atoms with Gasteiger partial charge in [0, 0.05) is 13.7 Å². The Balaban J connectivity index is 1.83. The number of ether oxygens (including phenoxy) is 3. The summed E-state index contributed by atoms with van der Waals surface area (Å²) in [7, 11) is 1.56. The van der Waals surface area contributed by atoms with Gasteiger partial charge in [-0.2, -0.15) is 0 Å². The van der Waals surface area contributed by atoms with E-state index in [1.165, 1.54) is 0 Å². The Labute approximate surface area is 154 Å². The molecule has 144 valence electrons. The highest BCUT2D eigenvalue weighted by atomic mass is 16.6. The van der Waals surface area contributed by atoms with E-state index in [9.17, 15) is 9.59 Å². The van der Waals surface area contributed by atoms with Gasteiger partial charge in [0.25, 0.3) is 0 Å². The lowest BCUT2D eigenvalue weighted by Crippen LogP contribution is -2.56. The van der Waals surface area contributed by atoms with Crippen LogP contribution in [-0.2, 0) is 20.8 Å². The predicted molar refractivity (Wildman–Crippen MR) is 96.8 cm³/mol. The van der Waals surface area contributed by atoms with E-state index in [-0.39, 0.29) is 24.8 Å². The second kappa shape index (κ2) is 8.89. The molecule has 2 rings (SSSR count). The van der Waals surface area contributed by atoms with Gasteiger partial charge in [-0.1, -0.05) is 30.3 Å². The molecule has 7 nitrogen and oxygen atoms in total. The molecule has 0 spiro atoms. The number of nitrogens with zero attached hydrogens (tertiary/aromatic N) is 1. The first-order chi connectivity index (χ1) is 12.3. The second-order valence-electron chi connectivity index (χ2n) is 7.30. The number of nitrogens with one attached hydrogen (secondary N) is 1. The van der Waals surface area contributed by atoms with Crippen molar-refractivity contribution in [3.63, 3.8) is 0 Å². The minimum absolute atomic E-state index is 0.209. The van der Waals surface area contributed by atoms with Gasteiger partial charge in [0.05, 0.1) is 18.7 Å². The number of amides is 2. The number of piperidine rings is 1. The number of likely N-dealkylation sites (tertiary alicyclic amines) is 1. The summed E-state index contributed by atoms with van der Waals surface area (Å²) in [4.78, 5) is 25.9. The Hall–Kier alpha value is -2.28. The fourth-order valence-corrected chi connectivity index (χ4v) is 2.73. The number of rotatable bonds is 4. The number of alkyl carbamates (subject to hydrolysis) is 1. The Morgan fingerprint density at radius 2 is 1.92 bits per heavy atom. The standard InChI is InChI=1S/C19H28N2O5/c1-19(2,3)26-18(23)21-11-10-15(16(12-21)24-4)20-17(22)25-13-14-8-6-5-7-9-14/h5-9,15-16H,10-13H2,1-4H3,(H,20,22). The highest BCUT2D eigenvalue weighted by molar-refractivity contribution is 5.69. The van der Waals surface area contributed by atoms with Gasteiger partial charge in [-0.25, -0.2) is 9.59 Å². The molecular weight excluding hydrogens is 336 g/mol. The van der Waals surface area contributed by atoms with Gasteiger partial charge in [-0.05, 0) is 32.8 Å². The van der Waals surface area contributed by atoms with E-state index in [0.29, 0.717) is 19.5 Å². The van der Waals surface area contributed by atoms with E-state index < -0.39 is 11.7 Å². The number of hydrogen-bond acceptors (Lipinski definition) is 5. The molecule has 1 aromatic rings. The zero-order valence-corrected chi connectivity index (χ0v) is 15.9. The monoisotopic (exact) mass is 364 g/mol. The van der Waals surface area contributed by atoms with E-state index in [0.717, 1.165) is 5.56 Å². The molecule has 0 saturated carbocycles. The number of carbonyl (C=O) groups is 2. The Morgan fingerprint density at radius 3 is 2.54 bits per heavy atom. The minimum Gasteiger partial charge on any atom is -0.445 e. The molecule has 1 aliphatic rings. The fraction of sp³-hybridized carbons (Fsp3) is 0.579. The highest BCUT2D eigenvalue weighted by Crippen LogP contribution is 2.18. The van der Waals surface area contributed by atoms with Crippen LogP contribution in [0.1, 0.15) is 32.8 Å². The smallest absolute Gasteiger partial charge is 0.410 e. The van der Waals surface area contributed by atoms with Crippen molar-refractivity contribution in [3.05, 3.63) is 35.9 Å². The summed E-state index contributed by atoms with van der Waals surface area (Å²) in [5.74, 6) is 0. The quantitative estimate of drug-likeness (QED) is 0.889. The first kappa shape index (κ1) is 20.0. The van der Waals surface area contributed by atoms with Crippen LogP contribution in [0.5, 0.6) is 0 Å². The molecule has 2 atom stereocenters. The molecule has 1 N–H and O–H groups in total. The summed E-state index contributed by atoms with van der Waals surface area (Å²) >= 11 is 0. The van der Waals surface area contributed by atoms with Crippen LogP contribution < -0.4 is 5.32 Å². The van der Waals surface area contributed by atoms with Gasteiger partial charge in [0.2, 0.25) is 0 Å². The van der Waals surface area contributed by atoms with Crippen molar-refractivity contribution in [3.8, 4) is 0 Å². The third-order valence-corrected chi connectivity index (χ3v) is 4.03. The minimum atomic E-state index is -0.546. The average Bonchev–Trinajstić information content (AvgIpc) is 2.59. The lowest BCUT2D eigenvalue weighted by molar-refractivity contribution is -0.0180. The van der Waals surface area contributed by atoms with Gasteiger partial charge < -0.3 is 24.4 Å². The van der Waals surface area contributed by atoms with Crippen LogP contribution in [0.3, 0.4) is 0 Å². The molecule has 1 heterocycles. The third kappa shape index (κ3) is 6.22. The van der Waals surface area contributed by atoms with Gasteiger partial charge in [0.1, 0.15) is 12.2 Å². The van der Waals surface area contributed by atoms with E-state index in [1.807, 2.05) is 51.1 Å². The Bertz CT molecular complexity index is 600. The Kier molecular flexibility index (Phi) is 6.85. The van der Waals surface area contributed by atoms with Crippen LogP contribution in [0.15, 0.2) is 30.3 Å².